The van der Waals surface area contributed by atoms with Crippen LogP contribution in [0.3, 0.4) is 0 Å². The van der Waals surface area contributed by atoms with Crippen LogP contribution in [0.2, 0.25) is 5.02 Å². The lowest BCUT2D eigenvalue weighted by Crippen LogP contribution is -2.25. The van der Waals surface area contributed by atoms with Crippen molar-refractivity contribution < 1.29 is 8.42 Å². The molecule has 1 aromatic rings. The first-order valence-electron chi connectivity index (χ1n) is 5.47. The topological polar surface area (TPSA) is 72.2 Å². The Morgan fingerprint density at radius 1 is 1.50 bits per heavy atom. The van der Waals surface area contributed by atoms with Crippen molar-refractivity contribution in [2.45, 2.75) is 24.7 Å². The summed E-state index contributed by atoms with van der Waals surface area (Å²) in [7, 11) is -3.62. The minimum Gasteiger partial charge on any atom is -0.389 e. The van der Waals surface area contributed by atoms with E-state index in [0.717, 1.165) is 12.8 Å². The number of sulfonamides is 1. The molecule has 0 atom stereocenters. The number of thiocarbonyl (C=S) groups is 1. The zero-order valence-corrected chi connectivity index (χ0v) is 12.3. The average Bonchev–Trinajstić information content (AvgIpc) is 2.29. The maximum atomic E-state index is 12.0. The summed E-state index contributed by atoms with van der Waals surface area (Å²) in [5.41, 5.74) is 5.95. The van der Waals surface area contributed by atoms with Crippen LogP contribution in [0, 0.1) is 0 Å². The quantitative estimate of drug-likeness (QED) is 0.623. The highest BCUT2D eigenvalue weighted by molar-refractivity contribution is 7.89. The SMILES string of the molecule is CCCCNS(=O)(=O)c1cc(C(N)=S)ccc1Cl. The number of nitrogens with two attached hydrogens (primary N) is 1. The van der Waals surface area contributed by atoms with Crippen LogP contribution in [0.4, 0.5) is 0 Å². The molecule has 0 fully saturated rings. The fourth-order valence-corrected chi connectivity index (χ4v) is 3.05. The molecule has 1 aromatic carbocycles. The summed E-state index contributed by atoms with van der Waals surface area (Å²) in [6.07, 6.45) is 1.68. The van der Waals surface area contributed by atoms with E-state index in [-0.39, 0.29) is 14.9 Å². The zero-order valence-electron chi connectivity index (χ0n) is 9.94. The Morgan fingerprint density at radius 3 is 2.72 bits per heavy atom. The normalized spacial score (nSPS) is 11.4. The number of nitrogens with one attached hydrogen (secondary N) is 1. The van der Waals surface area contributed by atoms with Gasteiger partial charge >= 0.3 is 0 Å². The Balaban J connectivity index is 3.07. The largest absolute Gasteiger partial charge is 0.389 e. The summed E-state index contributed by atoms with van der Waals surface area (Å²) in [5.74, 6) is 0. The molecule has 100 valence electrons. The zero-order chi connectivity index (χ0) is 13.8. The van der Waals surface area contributed by atoms with Crippen LogP contribution in [0.1, 0.15) is 25.3 Å². The van der Waals surface area contributed by atoms with Crippen LogP contribution in [-0.2, 0) is 10.0 Å². The monoisotopic (exact) mass is 306 g/mol. The van der Waals surface area contributed by atoms with Crippen LogP contribution >= 0.6 is 23.8 Å². The number of unbranched alkanes of at least 4 members (excludes halogenated alkanes) is 1. The molecule has 0 radical (unpaired) electrons. The van der Waals surface area contributed by atoms with E-state index >= 15 is 0 Å². The van der Waals surface area contributed by atoms with Gasteiger partial charge < -0.3 is 5.73 Å². The lowest BCUT2D eigenvalue weighted by molar-refractivity contribution is 0.578. The van der Waals surface area contributed by atoms with Gasteiger partial charge in [-0.2, -0.15) is 0 Å². The second-order valence-corrected chi connectivity index (χ2v) is 6.34. The number of hydrogen-bond acceptors (Lipinski definition) is 3. The van der Waals surface area contributed by atoms with Gasteiger partial charge in [0.25, 0.3) is 0 Å². The van der Waals surface area contributed by atoms with Gasteiger partial charge in [-0.3, -0.25) is 0 Å². The highest BCUT2D eigenvalue weighted by Gasteiger charge is 2.18. The minimum atomic E-state index is -3.62. The molecule has 0 amide bonds. The lowest BCUT2D eigenvalue weighted by Gasteiger charge is -2.09. The van der Waals surface area contributed by atoms with Gasteiger partial charge in [0.15, 0.2) is 0 Å². The first-order valence-corrected chi connectivity index (χ1v) is 7.74. The fraction of sp³-hybridized carbons (Fsp3) is 0.364. The Kier molecular flexibility index (Phi) is 5.52. The first-order chi connectivity index (χ1) is 8.38. The summed E-state index contributed by atoms with van der Waals surface area (Å²) in [6.45, 7) is 2.36. The van der Waals surface area contributed by atoms with Gasteiger partial charge in [0.1, 0.15) is 9.88 Å². The Bertz CT molecular complexity index is 544. The van der Waals surface area contributed by atoms with Crippen molar-refractivity contribution in [1.29, 1.82) is 0 Å². The molecule has 0 aromatic heterocycles. The summed E-state index contributed by atoms with van der Waals surface area (Å²) in [6, 6.07) is 4.46. The Morgan fingerprint density at radius 2 is 2.17 bits per heavy atom. The van der Waals surface area contributed by atoms with Gasteiger partial charge in [-0.05, 0) is 18.6 Å². The maximum absolute atomic E-state index is 12.0. The molecular formula is C11H15ClN2O2S2. The van der Waals surface area contributed by atoms with Crippen molar-refractivity contribution in [3.63, 3.8) is 0 Å². The van der Waals surface area contributed by atoms with Crippen LogP contribution in [0.5, 0.6) is 0 Å². The van der Waals surface area contributed by atoms with Crippen molar-refractivity contribution in [3.05, 3.63) is 28.8 Å². The Hall–Kier alpha value is -0.690. The second-order valence-electron chi connectivity index (χ2n) is 3.76. The second kappa shape index (κ2) is 6.47. The van der Waals surface area contributed by atoms with Gasteiger partial charge in [-0.15, -0.1) is 0 Å². The molecule has 0 bridgehead atoms. The third-order valence-corrected chi connectivity index (χ3v) is 4.51. The molecule has 18 heavy (non-hydrogen) atoms. The predicted octanol–water partition coefficient (Wildman–Crippen LogP) is 2.05. The van der Waals surface area contributed by atoms with Crippen molar-refractivity contribution in [2.24, 2.45) is 5.73 Å². The number of hydrogen-bond donors (Lipinski definition) is 2. The van der Waals surface area contributed by atoms with E-state index < -0.39 is 10.0 Å². The molecule has 1 rings (SSSR count). The standard InChI is InChI=1S/C11H15ClN2O2S2/c1-2-3-6-14-18(15,16)10-7-8(11(13)17)4-5-9(10)12/h4-5,7,14H,2-3,6H2,1H3,(H2,13,17). The van der Waals surface area contributed by atoms with Crippen LogP contribution in [-0.4, -0.2) is 20.0 Å². The van der Waals surface area contributed by atoms with Crippen molar-refractivity contribution >= 4 is 38.8 Å². The number of halogens is 1. The number of benzene rings is 1. The number of rotatable bonds is 6. The molecule has 0 heterocycles. The molecular weight excluding hydrogens is 292 g/mol. The highest BCUT2D eigenvalue weighted by atomic mass is 35.5. The van der Waals surface area contributed by atoms with Crippen molar-refractivity contribution in [3.8, 4) is 0 Å². The molecule has 0 unspecified atom stereocenters. The summed E-state index contributed by atoms with van der Waals surface area (Å²) < 4.78 is 26.5. The van der Waals surface area contributed by atoms with Gasteiger partial charge in [0.2, 0.25) is 10.0 Å². The molecule has 0 aliphatic rings. The molecule has 0 aliphatic heterocycles. The fourth-order valence-electron chi connectivity index (χ4n) is 1.32. The highest BCUT2D eigenvalue weighted by Crippen LogP contribution is 2.22. The summed E-state index contributed by atoms with van der Waals surface area (Å²) in [5, 5.41) is 0.152. The van der Waals surface area contributed by atoms with E-state index in [9.17, 15) is 8.42 Å². The van der Waals surface area contributed by atoms with E-state index in [1.54, 1.807) is 6.07 Å². The average molecular weight is 307 g/mol. The van der Waals surface area contributed by atoms with E-state index in [4.69, 9.17) is 29.6 Å². The van der Waals surface area contributed by atoms with Crippen molar-refractivity contribution in [1.82, 2.24) is 4.72 Å². The summed E-state index contributed by atoms with van der Waals surface area (Å²) in [4.78, 5) is 0.141. The van der Waals surface area contributed by atoms with Gasteiger partial charge in [-0.1, -0.05) is 43.2 Å². The Labute approximate surface area is 118 Å². The van der Waals surface area contributed by atoms with Crippen LogP contribution in [0.15, 0.2) is 23.1 Å². The van der Waals surface area contributed by atoms with Crippen molar-refractivity contribution in [2.75, 3.05) is 6.54 Å². The molecule has 0 aliphatic carbocycles. The van der Waals surface area contributed by atoms with E-state index in [2.05, 4.69) is 4.72 Å². The van der Waals surface area contributed by atoms with Crippen LogP contribution in [0.25, 0.3) is 0 Å². The smallest absolute Gasteiger partial charge is 0.242 e. The van der Waals surface area contributed by atoms with Gasteiger partial charge in [0, 0.05) is 12.1 Å². The molecule has 3 N–H and O–H groups in total. The molecule has 7 heteroatoms. The molecule has 0 saturated carbocycles. The third-order valence-electron chi connectivity index (χ3n) is 2.33. The van der Waals surface area contributed by atoms with Gasteiger partial charge in [0.05, 0.1) is 5.02 Å². The molecule has 0 spiro atoms. The maximum Gasteiger partial charge on any atom is 0.242 e. The van der Waals surface area contributed by atoms with Crippen LogP contribution < -0.4 is 10.5 Å². The first kappa shape index (κ1) is 15.4. The lowest BCUT2D eigenvalue weighted by atomic mass is 10.2. The van der Waals surface area contributed by atoms with E-state index in [0.29, 0.717) is 12.1 Å². The molecule has 0 saturated heterocycles. The molecule has 4 nitrogen and oxygen atoms in total. The van der Waals surface area contributed by atoms with Gasteiger partial charge in [-0.25, -0.2) is 13.1 Å². The third kappa shape index (κ3) is 3.91. The van der Waals surface area contributed by atoms with E-state index in [1.165, 1.54) is 12.1 Å². The minimum absolute atomic E-state index is 0.00516. The summed E-state index contributed by atoms with van der Waals surface area (Å²) >= 11 is 10.7. The predicted molar refractivity (Wildman–Crippen MR) is 77.4 cm³/mol. The van der Waals surface area contributed by atoms with E-state index in [1.807, 2.05) is 6.92 Å².